The fourth-order valence-corrected chi connectivity index (χ4v) is 2.94. The summed E-state index contributed by atoms with van der Waals surface area (Å²) in [5, 5.41) is 6.44. The molecule has 0 spiro atoms. The van der Waals surface area contributed by atoms with Crippen LogP contribution in [0.1, 0.15) is 51.6 Å². The van der Waals surface area contributed by atoms with Gasteiger partial charge in [-0.15, -0.1) is 0 Å². The van der Waals surface area contributed by atoms with Crippen LogP contribution in [0.5, 0.6) is 0 Å². The van der Waals surface area contributed by atoms with Gasteiger partial charge in [0.15, 0.2) is 5.69 Å². The molecule has 2 aromatic rings. The summed E-state index contributed by atoms with van der Waals surface area (Å²) in [6, 6.07) is 6.67. The molecule has 1 aliphatic carbocycles. The highest BCUT2D eigenvalue weighted by Gasteiger charge is 2.37. The number of alkyl halides is 3. The second-order valence-electron chi connectivity index (χ2n) is 6.58. The van der Waals surface area contributed by atoms with E-state index in [2.05, 4.69) is 10.4 Å². The molecule has 1 fully saturated rings. The average molecular weight is 351 g/mol. The number of carbonyl (C=O) groups excluding carboxylic acids is 1. The lowest BCUT2D eigenvalue weighted by Crippen LogP contribution is -2.28. The monoisotopic (exact) mass is 351 g/mol. The molecular formula is C18H20F3N3O. The molecule has 0 unspecified atom stereocenters. The summed E-state index contributed by atoms with van der Waals surface area (Å²) >= 11 is 0. The van der Waals surface area contributed by atoms with Gasteiger partial charge >= 0.3 is 6.18 Å². The summed E-state index contributed by atoms with van der Waals surface area (Å²) in [6.45, 7) is 4.27. The summed E-state index contributed by atoms with van der Waals surface area (Å²) in [5.74, 6) is -0.0818. The van der Waals surface area contributed by atoms with E-state index < -0.39 is 11.9 Å². The Balaban J connectivity index is 1.65. The van der Waals surface area contributed by atoms with Gasteiger partial charge < -0.3 is 5.32 Å². The van der Waals surface area contributed by atoms with Crippen LogP contribution in [-0.2, 0) is 12.7 Å². The van der Waals surface area contributed by atoms with E-state index in [0.29, 0.717) is 11.3 Å². The highest BCUT2D eigenvalue weighted by Crippen LogP contribution is 2.42. The second kappa shape index (κ2) is 6.54. The lowest BCUT2D eigenvalue weighted by Gasteiger charge is -2.09. The van der Waals surface area contributed by atoms with Crippen LogP contribution in [0.3, 0.4) is 0 Å². The fourth-order valence-electron chi connectivity index (χ4n) is 2.94. The molecule has 134 valence electrons. The number of rotatable bonds is 5. The average Bonchev–Trinajstić information content (AvgIpc) is 3.25. The number of halogens is 3. The van der Waals surface area contributed by atoms with E-state index in [4.69, 9.17) is 0 Å². The number of nitrogens with one attached hydrogen (secondary N) is 1. The van der Waals surface area contributed by atoms with Crippen LogP contribution in [0.25, 0.3) is 0 Å². The van der Waals surface area contributed by atoms with E-state index in [1.54, 1.807) is 12.1 Å². The predicted molar refractivity (Wildman–Crippen MR) is 87.5 cm³/mol. The lowest BCUT2D eigenvalue weighted by atomic mass is 10.1. The zero-order valence-electron chi connectivity index (χ0n) is 14.2. The molecule has 1 amide bonds. The Kier molecular flexibility index (Phi) is 4.58. The summed E-state index contributed by atoms with van der Waals surface area (Å²) in [4.78, 5) is 12.2. The Morgan fingerprint density at radius 2 is 1.84 bits per heavy atom. The zero-order chi connectivity index (χ0) is 18.2. The first-order valence-electron chi connectivity index (χ1n) is 8.25. The molecule has 1 saturated carbocycles. The summed E-state index contributed by atoms with van der Waals surface area (Å²) in [7, 11) is 0. The molecule has 0 saturated heterocycles. The van der Waals surface area contributed by atoms with Crippen molar-refractivity contribution in [2.24, 2.45) is 0 Å². The van der Waals surface area contributed by atoms with Gasteiger partial charge in [0, 0.05) is 23.7 Å². The van der Waals surface area contributed by atoms with Gasteiger partial charge in [-0.05, 0) is 44.9 Å². The number of carbonyl (C=O) groups is 1. The Hall–Kier alpha value is -2.31. The van der Waals surface area contributed by atoms with Crippen LogP contribution in [0, 0.1) is 13.8 Å². The standard InChI is InChI=1S/C18H20F3N3O/c1-11-7-12(2)9-14(8-11)17(25)22-5-6-24-15(13-3-4-13)10-16(23-24)18(19,20)21/h7-10,13H,3-6H2,1-2H3,(H,22,25). The minimum Gasteiger partial charge on any atom is -0.350 e. The van der Waals surface area contributed by atoms with Crippen molar-refractivity contribution < 1.29 is 18.0 Å². The van der Waals surface area contributed by atoms with Crippen LogP contribution >= 0.6 is 0 Å². The van der Waals surface area contributed by atoms with Crippen LogP contribution in [0.15, 0.2) is 24.3 Å². The molecule has 1 heterocycles. The largest absolute Gasteiger partial charge is 0.435 e. The Bertz CT molecular complexity index is 771. The number of aryl methyl sites for hydroxylation is 2. The molecule has 1 aromatic carbocycles. The number of nitrogens with zero attached hydrogens (tertiary/aromatic N) is 2. The molecular weight excluding hydrogens is 331 g/mol. The Morgan fingerprint density at radius 1 is 1.20 bits per heavy atom. The van der Waals surface area contributed by atoms with Crippen molar-refractivity contribution in [3.05, 3.63) is 52.3 Å². The molecule has 3 rings (SSSR count). The predicted octanol–water partition coefficient (Wildman–Crippen LogP) is 3.83. The summed E-state index contributed by atoms with van der Waals surface area (Å²) < 4.78 is 40.0. The number of aromatic nitrogens is 2. The van der Waals surface area contributed by atoms with E-state index in [-0.39, 0.29) is 24.9 Å². The van der Waals surface area contributed by atoms with Gasteiger partial charge in [0.25, 0.3) is 5.91 Å². The third-order valence-corrected chi connectivity index (χ3v) is 4.19. The third-order valence-electron chi connectivity index (χ3n) is 4.19. The minimum absolute atomic E-state index is 0.152. The van der Waals surface area contributed by atoms with Crippen molar-refractivity contribution >= 4 is 5.91 Å². The SMILES string of the molecule is Cc1cc(C)cc(C(=O)NCCn2nc(C(F)(F)F)cc2C2CC2)c1. The van der Waals surface area contributed by atoms with Gasteiger partial charge in [0.2, 0.25) is 0 Å². The first-order valence-corrected chi connectivity index (χ1v) is 8.25. The highest BCUT2D eigenvalue weighted by atomic mass is 19.4. The van der Waals surface area contributed by atoms with Crippen molar-refractivity contribution in [2.75, 3.05) is 6.54 Å². The first kappa shape index (κ1) is 17.5. The Morgan fingerprint density at radius 3 is 2.40 bits per heavy atom. The third kappa shape index (κ3) is 4.21. The van der Waals surface area contributed by atoms with E-state index in [9.17, 15) is 18.0 Å². The van der Waals surface area contributed by atoms with Gasteiger partial charge in [-0.3, -0.25) is 9.48 Å². The van der Waals surface area contributed by atoms with Gasteiger partial charge in [0.05, 0.1) is 6.54 Å². The highest BCUT2D eigenvalue weighted by molar-refractivity contribution is 5.94. The van der Waals surface area contributed by atoms with Crippen LogP contribution in [-0.4, -0.2) is 22.2 Å². The van der Waals surface area contributed by atoms with Crippen molar-refractivity contribution in [1.82, 2.24) is 15.1 Å². The molecule has 0 radical (unpaired) electrons. The maximum Gasteiger partial charge on any atom is 0.435 e. The van der Waals surface area contributed by atoms with Crippen LogP contribution in [0.2, 0.25) is 0 Å². The molecule has 0 atom stereocenters. The molecule has 4 nitrogen and oxygen atoms in total. The number of hydrogen-bond acceptors (Lipinski definition) is 2. The van der Waals surface area contributed by atoms with Crippen molar-refractivity contribution in [3.8, 4) is 0 Å². The molecule has 7 heteroatoms. The smallest absolute Gasteiger partial charge is 0.350 e. The fraction of sp³-hybridized carbons (Fsp3) is 0.444. The van der Waals surface area contributed by atoms with E-state index >= 15 is 0 Å². The van der Waals surface area contributed by atoms with Crippen molar-refractivity contribution in [1.29, 1.82) is 0 Å². The maximum atomic E-state index is 12.9. The number of hydrogen-bond donors (Lipinski definition) is 1. The van der Waals surface area contributed by atoms with E-state index in [1.807, 2.05) is 19.9 Å². The summed E-state index contributed by atoms with van der Waals surface area (Å²) in [6.07, 6.45) is -2.67. The lowest BCUT2D eigenvalue weighted by molar-refractivity contribution is -0.141. The van der Waals surface area contributed by atoms with Crippen molar-refractivity contribution in [2.45, 2.75) is 45.3 Å². The van der Waals surface area contributed by atoms with Gasteiger partial charge in [-0.25, -0.2) is 0 Å². The van der Waals surface area contributed by atoms with Gasteiger partial charge in [0.1, 0.15) is 0 Å². The minimum atomic E-state index is -4.45. The molecule has 0 aliphatic heterocycles. The maximum absolute atomic E-state index is 12.9. The number of benzene rings is 1. The second-order valence-corrected chi connectivity index (χ2v) is 6.58. The molecule has 1 N–H and O–H groups in total. The first-order chi connectivity index (χ1) is 11.7. The van der Waals surface area contributed by atoms with Crippen molar-refractivity contribution in [3.63, 3.8) is 0 Å². The topological polar surface area (TPSA) is 46.9 Å². The van der Waals surface area contributed by atoms with Crippen LogP contribution in [0.4, 0.5) is 13.2 Å². The summed E-state index contributed by atoms with van der Waals surface area (Å²) in [5.41, 5.74) is 2.27. The zero-order valence-corrected chi connectivity index (χ0v) is 14.2. The van der Waals surface area contributed by atoms with Crippen LogP contribution < -0.4 is 5.32 Å². The molecule has 1 aromatic heterocycles. The molecule has 0 bridgehead atoms. The Labute approximate surface area is 144 Å². The number of amides is 1. The quantitative estimate of drug-likeness (QED) is 0.890. The van der Waals surface area contributed by atoms with Gasteiger partial charge in [-0.1, -0.05) is 17.2 Å². The van der Waals surface area contributed by atoms with Gasteiger partial charge in [-0.2, -0.15) is 18.3 Å². The normalized spacial score (nSPS) is 14.6. The molecule has 25 heavy (non-hydrogen) atoms. The van der Waals surface area contributed by atoms with E-state index in [1.165, 1.54) is 4.68 Å². The van der Waals surface area contributed by atoms with E-state index in [0.717, 1.165) is 30.0 Å². The molecule has 1 aliphatic rings.